The summed E-state index contributed by atoms with van der Waals surface area (Å²) in [5.41, 5.74) is 3.96. The molecule has 26 heavy (non-hydrogen) atoms. The van der Waals surface area contributed by atoms with Gasteiger partial charge in [0.15, 0.2) is 0 Å². The van der Waals surface area contributed by atoms with Crippen molar-refractivity contribution in [2.45, 2.75) is 57.2 Å². The molecule has 1 aliphatic carbocycles. The monoisotopic (exact) mass is 345 g/mol. The molecule has 1 atom stereocenters. The second-order valence-electron chi connectivity index (χ2n) is 7.96. The molecule has 0 bridgehead atoms. The molecule has 0 unspecified atom stereocenters. The van der Waals surface area contributed by atoms with Gasteiger partial charge in [-0.3, -0.25) is 4.90 Å². The molecule has 3 nitrogen and oxygen atoms in total. The van der Waals surface area contributed by atoms with Crippen molar-refractivity contribution in [1.82, 2.24) is 14.5 Å². The van der Waals surface area contributed by atoms with Gasteiger partial charge in [-0.2, -0.15) is 0 Å². The number of pyridine rings is 1. The Bertz CT molecular complexity index is 877. The smallest absolute Gasteiger partial charge is 0.140 e. The highest BCUT2D eigenvalue weighted by Gasteiger charge is 2.27. The van der Waals surface area contributed by atoms with Gasteiger partial charge in [-0.05, 0) is 55.5 Å². The third-order valence-corrected chi connectivity index (χ3v) is 6.27. The van der Waals surface area contributed by atoms with Gasteiger partial charge in [0.05, 0.1) is 0 Å². The number of rotatable bonds is 4. The van der Waals surface area contributed by atoms with Crippen LogP contribution < -0.4 is 0 Å². The Morgan fingerprint density at radius 1 is 0.962 bits per heavy atom. The minimum Gasteiger partial charge on any atom is -0.329 e. The molecule has 3 heterocycles. The van der Waals surface area contributed by atoms with Crippen LogP contribution in [0.1, 0.15) is 61.7 Å². The number of benzene rings is 1. The van der Waals surface area contributed by atoms with Gasteiger partial charge in [0.25, 0.3) is 0 Å². The van der Waals surface area contributed by atoms with Gasteiger partial charge in [-0.15, -0.1) is 0 Å². The maximum absolute atomic E-state index is 4.91. The second kappa shape index (κ2) is 6.88. The fourth-order valence-electron chi connectivity index (χ4n) is 4.93. The van der Waals surface area contributed by atoms with Gasteiger partial charge in [-0.25, -0.2) is 4.98 Å². The molecule has 0 spiro atoms. The van der Waals surface area contributed by atoms with Crippen LogP contribution in [0.4, 0.5) is 0 Å². The van der Waals surface area contributed by atoms with Crippen molar-refractivity contribution in [1.29, 1.82) is 0 Å². The summed E-state index contributed by atoms with van der Waals surface area (Å²) in [5, 5.41) is 1.31. The maximum atomic E-state index is 4.91. The van der Waals surface area contributed by atoms with E-state index in [1.165, 1.54) is 67.2 Å². The Balaban J connectivity index is 1.41. The Kier molecular flexibility index (Phi) is 4.25. The van der Waals surface area contributed by atoms with E-state index in [4.69, 9.17) is 4.98 Å². The Labute approximate surface area is 155 Å². The molecular formula is C23H27N3. The predicted molar refractivity (Wildman–Crippen MR) is 106 cm³/mol. The van der Waals surface area contributed by atoms with Crippen LogP contribution in [0.25, 0.3) is 11.0 Å². The van der Waals surface area contributed by atoms with E-state index < -0.39 is 0 Å². The number of fused-ring (bicyclic) bond motifs is 1. The maximum Gasteiger partial charge on any atom is 0.140 e. The summed E-state index contributed by atoms with van der Waals surface area (Å²) in [5.74, 6) is 0. The van der Waals surface area contributed by atoms with Crippen molar-refractivity contribution < 1.29 is 0 Å². The third kappa shape index (κ3) is 2.95. The van der Waals surface area contributed by atoms with E-state index >= 15 is 0 Å². The molecule has 134 valence electrons. The molecule has 3 heteroatoms. The van der Waals surface area contributed by atoms with Gasteiger partial charge in [0.2, 0.25) is 0 Å². The molecule has 2 aromatic heterocycles. The molecule has 1 saturated carbocycles. The van der Waals surface area contributed by atoms with E-state index in [9.17, 15) is 0 Å². The van der Waals surface area contributed by atoms with Gasteiger partial charge in [0, 0.05) is 36.4 Å². The van der Waals surface area contributed by atoms with Crippen molar-refractivity contribution in [3.8, 4) is 0 Å². The van der Waals surface area contributed by atoms with E-state index in [-0.39, 0.29) is 0 Å². The van der Waals surface area contributed by atoms with E-state index in [1.54, 1.807) is 0 Å². The first kappa shape index (κ1) is 16.1. The van der Waals surface area contributed by atoms with Crippen molar-refractivity contribution in [3.05, 3.63) is 66.0 Å². The van der Waals surface area contributed by atoms with Crippen LogP contribution in [0.2, 0.25) is 0 Å². The quantitative estimate of drug-likeness (QED) is 0.623. The SMILES string of the molecule is c1ccc(CN2CCC[C@@H]2c2cnc3c(ccn3C3CCCC3)c2)cc1. The molecular weight excluding hydrogens is 318 g/mol. The minimum atomic E-state index is 0.502. The lowest BCUT2D eigenvalue weighted by Crippen LogP contribution is -2.22. The Morgan fingerprint density at radius 2 is 1.81 bits per heavy atom. The number of hydrogen-bond donors (Lipinski definition) is 0. The van der Waals surface area contributed by atoms with Crippen LogP contribution in [0.15, 0.2) is 54.9 Å². The van der Waals surface area contributed by atoms with E-state index in [2.05, 4.69) is 64.3 Å². The molecule has 0 amide bonds. The summed E-state index contributed by atoms with van der Waals surface area (Å²) in [4.78, 5) is 7.53. The lowest BCUT2D eigenvalue weighted by Gasteiger charge is -2.25. The number of aromatic nitrogens is 2. The van der Waals surface area contributed by atoms with Gasteiger partial charge in [0.1, 0.15) is 5.65 Å². The summed E-state index contributed by atoms with van der Waals surface area (Å²) in [6, 6.07) is 16.7. The zero-order valence-corrected chi connectivity index (χ0v) is 15.3. The summed E-state index contributed by atoms with van der Waals surface area (Å²) < 4.78 is 2.42. The van der Waals surface area contributed by atoms with E-state index in [0.29, 0.717) is 12.1 Å². The summed E-state index contributed by atoms with van der Waals surface area (Å²) >= 11 is 0. The van der Waals surface area contributed by atoms with Crippen LogP contribution in [-0.4, -0.2) is 21.0 Å². The molecule has 0 radical (unpaired) electrons. The number of likely N-dealkylation sites (tertiary alicyclic amines) is 1. The molecule has 1 aromatic carbocycles. The summed E-state index contributed by atoms with van der Waals surface area (Å²) in [6.45, 7) is 2.22. The first-order valence-electron chi connectivity index (χ1n) is 10.1. The highest BCUT2D eigenvalue weighted by atomic mass is 15.2. The van der Waals surface area contributed by atoms with Crippen molar-refractivity contribution >= 4 is 11.0 Å². The lowest BCUT2D eigenvalue weighted by atomic mass is 10.1. The van der Waals surface area contributed by atoms with E-state index in [0.717, 1.165) is 6.54 Å². The average Bonchev–Trinajstić information content (AvgIpc) is 3.42. The summed E-state index contributed by atoms with van der Waals surface area (Å²) in [6.07, 6.45) is 12.2. The standard InChI is InChI=1S/C23H27N3/c1-2-7-18(8-3-1)17-25-13-6-11-22(25)20-15-19-12-14-26(23(19)24-16-20)21-9-4-5-10-21/h1-3,7-8,12,14-16,21-22H,4-6,9-11,13,17H2/t22-/m1/s1. The molecule has 2 aliphatic rings. The number of hydrogen-bond acceptors (Lipinski definition) is 2. The predicted octanol–water partition coefficient (Wildman–Crippen LogP) is 5.49. The van der Waals surface area contributed by atoms with Crippen LogP contribution >= 0.6 is 0 Å². The fraction of sp³-hybridized carbons (Fsp3) is 0.435. The molecule has 5 rings (SSSR count). The van der Waals surface area contributed by atoms with E-state index in [1.807, 2.05) is 0 Å². The average molecular weight is 345 g/mol. The lowest BCUT2D eigenvalue weighted by molar-refractivity contribution is 0.248. The normalized spacial score (nSPS) is 21.8. The largest absolute Gasteiger partial charge is 0.329 e. The van der Waals surface area contributed by atoms with Crippen LogP contribution in [0.3, 0.4) is 0 Å². The van der Waals surface area contributed by atoms with Crippen molar-refractivity contribution in [3.63, 3.8) is 0 Å². The molecule has 3 aromatic rings. The topological polar surface area (TPSA) is 21.1 Å². The highest BCUT2D eigenvalue weighted by Crippen LogP contribution is 2.36. The van der Waals surface area contributed by atoms with Crippen molar-refractivity contribution in [2.75, 3.05) is 6.54 Å². The minimum absolute atomic E-state index is 0.502. The van der Waals surface area contributed by atoms with Crippen LogP contribution in [0.5, 0.6) is 0 Å². The molecule has 1 saturated heterocycles. The first-order valence-corrected chi connectivity index (χ1v) is 10.1. The zero-order valence-electron chi connectivity index (χ0n) is 15.3. The van der Waals surface area contributed by atoms with Gasteiger partial charge in [-0.1, -0.05) is 43.2 Å². The number of nitrogens with zero attached hydrogens (tertiary/aromatic N) is 3. The Morgan fingerprint density at radius 3 is 2.65 bits per heavy atom. The third-order valence-electron chi connectivity index (χ3n) is 6.27. The molecule has 1 aliphatic heterocycles. The fourth-order valence-corrected chi connectivity index (χ4v) is 4.93. The van der Waals surface area contributed by atoms with Gasteiger partial charge < -0.3 is 4.57 Å². The van der Waals surface area contributed by atoms with Crippen molar-refractivity contribution in [2.24, 2.45) is 0 Å². The first-order chi connectivity index (χ1) is 12.9. The summed E-state index contributed by atoms with van der Waals surface area (Å²) in [7, 11) is 0. The second-order valence-corrected chi connectivity index (χ2v) is 7.96. The van der Waals surface area contributed by atoms with Crippen LogP contribution in [-0.2, 0) is 6.54 Å². The highest BCUT2D eigenvalue weighted by molar-refractivity contribution is 5.77. The van der Waals surface area contributed by atoms with Gasteiger partial charge >= 0.3 is 0 Å². The Hall–Kier alpha value is -2.13. The van der Waals surface area contributed by atoms with Crippen LogP contribution in [0, 0.1) is 0 Å². The molecule has 0 N–H and O–H groups in total. The molecule has 2 fully saturated rings. The zero-order chi connectivity index (χ0) is 17.3.